The van der Waals surface area contributed by atoms with Gasteiger partial charge in [-0.2, -0.15) is 0 Å². The van der Waals surface area contributed by atoms with Crippen LogP contribution in [0.3, 0.4) is 0 Å². The van der Waals surface area contributed by atoms with E-state index < -0.39 is 0 Å². The van der Waals surface area contributed by atoms with Crippen molar-refractivity contribution in [3.8, 4) is 0 Å². The van der Waals surface area contributed by atoms with Gasteiger partial charge < -0.3 is 10.1 Å². The predicted molar refractivity (Wildman–Crippen MR) is 76.8 cm³/mol. The smallest absolute Gasteiger partial charge is 0.0565 e. The van der Waals surface area contributed by atoms with E-state index in [1.54, 1.807) is 0 Å². The first-order chi connectivity index (χ1) is 8.69. The Kier molecular flexibility index (Phi) is 5.50. The van der Waals surface area contributed by atoms with Gasteiger partial charge in [0.25, 0.3) is 0 Å². The number of ether oxygens (including phenoxy) is 1. The van der Waals surface area contributed by atoms with Crippen LogP contribution in [0.1, 0.15) is 72.1 Å². The maximum atomic E-state index is 5.84. The van der Waals surface area contributed by atoms with Gasteiger partial charge in [-0.3, -0.25) is 0 Å². The summed E-state index contributed by atoms with van der Waals surface area (Å²) >= 11 is 0. The number of nitrogens with one attached hydrogen (secondary N) is 1. The summed E-state index contributed by atoms with van der Waals surface area (Å²) in [6.45, 7) is 6.77. The van der Waals surface area contributed by atoms with E-state index in [9.17, 15) is 0 Å². The van der Waals surface area contributed by atoms with Gasteiger partial charge in [0, 0.05) is 12.1 Å². The van der Waals surface area contributed by atoms with E-state index in [1.807, 2.05) is 0 Å². The minimum atomic E-state index is 0.426. The summed E-state index contributed by atoms with van der Waals surface area (Å²) in [5, 5.41) is 3.96. The molecule has 0 spiro atoms. The zero-order chi connectivity index (χ0) is 13.0. The Bertz CT molecular complexity index is 227. The number of hydrogen-bond donors (Lipinski definition) is 1. The van der Waals surface area contributed by atoms with Crippen molar-refractivity contribution in [2.45, 2.75) is 96.4 Å². The molecule has 18 heavy (non-hydrogen) atoms. The van der Waals surface area contributed by atoms with Crippen LogP contribution in [0.15, 0.2) is 0 Å². The standard InChI is InChI=1S/C16H31NO/c1-4-16(14-8-6-5-7-9-14)17-15-10-12(2)18-13(3)11-15/h12-17H,4-11H2,1-3H3. The first kappa shape index (κ1) is 14.3. The van der Waals surface area contributed by atoms with E-state index in [4.69, 9.17) is 4.74 Å². The highest BCUT2D eigenvalue weighted by molar-refractivity contribution is 4.85. The van der Waals surface area contributed by atoms with Crippen molar-refractivity contribution >= 4 is 0 Å². The highest BCUT2D eigenvalue weighted by atomic mass is 16.5. The molecule has 3 unspecified atom stereocenters. The summed E-state index contributed by atoms with van der Waals surface area (Å²) in [4.78, 5) is 0. The van der Waals surface area contributed by atoms with Crippen molar-refractivity contribution in [1.82, 2.24) is 5.32 Å². The van der Waals surface area contributed by atoms with E-state index >= 15 is 0 Å². The van der Waals surface area contributed by atoms with Gasteiger partial charge in [-0.25, -0.2) is 0 Å². The minimum absolute atomic E-state index is 0.426. The van der Waals surface area contributed by atoms with Crippen molar-refractivity contribution in [2.24, 2.45) is 5.92 Å². The van der Waals surface area contributed by atoms with Crippen molar-refractivity contribution in [1.29, 1.82) is 0 Å². The molecule has 0 radical (unpaired) electrons. The van der Waals surface area contributed by atoms with E-state index in [0.717, 1.165) is 12.0 Å². The summed E-state index contributed by atoms with van der Waals surface area (Å²) in [5.41, 5.74) is 0. The molecule has 2 rings (SSSR count). The zero-order valence-corrected chi connectivity index (χ0v) is 12.5. The molecule has 1 aliphatic carbocycles. The largest absolute Gasteiger partial charge is 0.375 e. The van der Waals surface area contributed by atoms with E-state index in [2.05, 4.69) is 26.1 Å². The van der Waals surface area contributed by atoms with Crippen LogP contribution in [0.4, 0.5) is 0 Å². The van der Waals surface area contributed by atoms with Crippen LogP contribution in [0.2, 0.25) is 0 Å². The lowest BCUT2D eigenvalue weighted by atomic mass is 9.82. The average Bonchev–Trinajstić information content (AvgIpc) is 2.36. The van der Waals surface area contributed by atoms with E-state index in [1.165, 1.54) is 51.4 Å². The van der Waals surface area contributed by atoms with Gasteiger partial charge in [0.2, 0.25) is 0 Å². The molecular formula is C16H31NO. The topological polar surface area (TPSA) is 21.3 Å². The lowest BCUT2D eigenvalue weighted by Crippen LogP contribution is -2.48. The Morgan fingerprint density at radius 1 is 1.06 bits per heavy atom. The van der Waals surface area contributed by atoms with Gasteiger partial charge in [0.15, 0.2) is 0 Å². The van der Waals surface area contributed by atoms with Crippen molar-refractivity contribution in [3.63, 3.8) is 0 Å². The third-order valence-electron chi connectivity index (χ3n) is 4.81. The van der Waals surface area contributed by atoms with Crippen molar-refractivity contribution in [2.75, 3.05) is 0 Å². The maximum Gasteiger partial charge on any atom is 0.0565 e. The van der Waals surface area contributed by atoms with Crippen LogP contribution in [-0.4, -0.2) is 24.3 Å². The molecule has 1 saturated heterocycles. The summed E-state index contributed by atoms with van der Waals surface area (Å²) in [6, 6.07) is 1.42. The van der Waals surface area contributed by atoms with Crippen LogP contribution in [0.25, 0.3) is 0 Å². The minimum Gasteiger partial charge on any atom is -0.375 e. The highest BCUT2D eigenvalue weighted by Crippen LogP contribution is 2.29. The van der Waals surface area contributed by atoms with Crippen molar-refractivity contribution < 1.29 is 4.74 Å². The third-order valence-corrected chi connectivity index (χ3v) is 4.81. The van der Waals surface area contributed by atoms with Gasteiger partial charge in [-0.15, -0.1) is 0 Å². The van der Waals surface area contributed by atoms with E-state index in [0.29, 0.717) is 18.2 Å². The lowest BCUT2D eigenvalue weighted by molar-refractivity contribution is -0.0449. The molecule has 0 aromatic carbocycles. The van der Waals surface area contributed by atoms with Gasteiger partial charge in [0.05, 0.1) is 12.2 Å². The SMILES string of the molecule is CCC(NC1CC(C)OC(C)C1)C1CCCCC1. The molecule has 2 fully saturated rings. The van der Waals surface area contributed by atoms with Gasteiger partial charge >= 0.3 is 0 Å². The molecule has 2 heteroatoms. The summed E-state index contributed by atoms with van der Waals surface area (Å²) < 4.78 is 5.84. The Morgan fingerprint density at radius 3 is 2.22 bits per heavy atom. The molecule has 3 atom stereocenters. The van der Waals surface area contributed by atoms with Crippen LogP contribution < -0.4 is 5.32 Å². The molecule has 0 aromatic rings. The average molecular weight is 253 g/mol. The highest BCUT2D eigenvalue weighted by Gasteiger charge is 2.29. The summed E-state index contributed by atoms with van der Waals surface area (Å²) in [6.07, 6.45) is 11.8. The summed E-state index contributed by atoms with van der Waals surface area (Å²) in [7, 11) is 0. The Balaban J connectivity index is 1.84. The molecule has 1 N–H and O–H groups in total. The molecule has 0 amide bonds. The second-order valence-electron chi connectivity index (χ2n) is 6.51. The van der Waals surface area contributed by atoms with Crippen LogP contribution in [0.5, 0.6) is 0 Å². The van der Waals surface area contributed by atoms with Crippen LogP contribution in [0, 0.1) is 5.92 Å². The Labute approximate surface area is 113 Å². The molecule has 106 valence electrons. The van der Waals surface area contributed by atoms with Gasteiger partial charge in [0.1, 0.15) is 0 Å². The molecule has 1 saturated carbocycles. The third kappa shape index (κ3) is 3.96. The fourth-order valence-electron chi connectivity index (χ4n) is 3.97. The predicted octanol–water partition coefficient (Wildman–Crippen LogP) is 3.89. The molecular weight excluding hydrogens is 222 g/mol. The van der Waals surface area contributed by atoms with Crippen LogP contribution in [-0.2, 0) is 4.74 Å². The summed E-state index contributed by atoms with van der Waals surface area (Å²) in [5.74, 6) is 0.928. The normalized spacial score (nSPS) is 36.5. The quantitative estimate of drug-likeness (QED) is 0.820. The van der Waals surface area contributed by atoms with E-state index in [-0.39, 0.29) is 0 Å². The molecule has 1 aliphatic heterocycles. The Morgan fingerprint density at radius 2 is 1.67 bits per heavy atom. The van der Waals surface area contributed by atoms with Gasteiger partial charge in [-0.05, 0) is 51.9 Å². The van der Waals surface area contributed by atoms with Crippen molar-refractivity contribution in [3.05, 3.63) is 0 Å². The Hall–Kier alpha value is -0.0800. The maximum absolute atomic E-state index is 5.84. The number of rotatable bonds is 4. The fraction of sp³-hybridized carbons (Fsp3) is 1.00. The molecule has 2 nitrogen and oxygen atoms in total. The molecule has 2 aliphatic rings. The molecule has 0 bridgehead atoms. The monoisotopic (exact) mass is 253 g/mol. The first-order valence-corrected chi connectivity index (χ1v) is 8.10. The second kappa shape index (κ2) is 6.91. The first-order valence-electron chi connectivity index (χ1n) is 8.10. The van der Waals surface area contributed by atoms with Gasteiger partial charge in [-0.1, -0.05) is 26.2 Å². The lowest BCUT2D eigenvalue weighted by Gasteiger charge is -2.38. The van der Waals surface area contributed by atoms with Crippen LogP contribution >= 0.6 is 0 Å². The fourth-order valence-corrected chi connectivity index (χ4v) is 3.97. The number of hydrogen-bond acceptors (Lipinski definition) is 2. The molecule has 0 aromatic heterocycles. The second-order valence-corrected chi connectivity index (χ2v) is 6.51. The zero-order valence-electron chi connectivity index (χ0n) is 12.5. The molecule has 1 heterocycles.